The van der Waals surface area contributed by atoms with Crippen molar-refractivity contribution in [1.82, 2.24) is 4.90 Å². The van der Waals surface area contributed by atoms with Gasteiger partial charge in [-0.05, 0) is 30.5 Å². The molecule has 0 radical (unpaired) electrons. The standard InChI is InChI=1S/C18H24N2O2/c1-2-3-11-20(14-16-10-7-12-22-16)18(21)17(19)13-15-8-5-4-6-9-15/h4-10,12,17H,2-3,11,13-14,19H2,1H3. The minimum Gasteiger partial charge on any atom is -0.467 e. The molecule has 4 nitrogen and oxygen atoms in total. The Morgan fingerprint density at radius 1 is 1.23 bits per heavy atom. The molecule has 2 aromatic rings. The van der Waals surface area contributed by atoms with Crippen LogP contribution >= 0.6 is 0 Å². The maximum absolute atomic E-state index is 12.6. The van der Waals surface area contributed by atoms with E-state index in [1.54, 1.807) is 11.2 Å². The van der Waals surface area contributed by atoms with Gasteiger partial charge in [0.15, 0.2) is 0 Å². The molecule has 2 rings (SSSR count). The van der Waals surface area contributed by atoms with Crippen LogP contribution in [0.25, 0.3) is 0 Å². The van der Waals surface area contributed by atoms with E-state index >= 15 is 0 Å². The first-order chi connectivity index (χ1) is 10.7. The number of rotatable bonds is 8. The lowest BCUT2D eigenvalue weighted by molar-refractivity contribution is -0.133. The predicted octanol–water partition coefficient (Wildman–Crippen LogP) is 2.98. The lowest BCUT2D eigenvalue weighted by Crippen LogP contribution is -2.45. The highest BCUT2D eigenvalue weighted by molar-refractivity contribution is 5.82. The summed E-state index contributed by atoms with van der Waals surface area (Å²) < 4.78 is 5.36. The number of hydrogen-bond donors (Lipinski definition) is 1. The molecule has 0 saturated heterocycles. The third-order valence-electron chi connectivity index (χ3n) is 3.64. The van der Waals surface area contributed by atoms with Crippen molar-refractivity contribution in [2.45, 2.75) is 38.8 Å². The van der Waals surface area contributed by atoms with Crippen LogP contribution < -0.4 is 5.73 Å². The molecule has 1 atom stereocenters. The van der Waals surface area contributed by atoms with Crippen molar-refractivity contribution in [2.24, 2.45) is 5.73 Å². The Kier molecular flexibility index (Phi) is 6.22. The molecule has 0 bridgehead atoms. The normalized spacial score (nSPS) is 12.1. The van der Waals surface area contributed by atoms with Crippen LogP contribution in [-0.4, -0.2) is 23.4 Å². The molecule has 1 amide bonds. The minimum absolute atomic E-state index is 0.0197. The number of benzene rings is 1. The van der Waals surface area contributed by atoms with E-state index < -0.39 is 6.04 Å². The van der Waals surface area contributed by atoms with E-state index in [0.29, 0.717) is 19.5 Å². The predicted molar refractivity (Wildman–Crippen MR) is 87.2 cm³/mol. The number of furan rings is 1. The number of nitrogens with zero attached hydrogens (tertiary/aromatic N) is 1. The van der Waals surface area contributed by atoms with E-state index in [0.717, 1.165) is 24.2 Å². The largest absolute Gasteiger partial charge is 0.467 e. The molecule has 118 valence electrons. The maximum atomic E-state index is 12.6. The third-order valence-corrected chi connectivity index (χ3v) is 3.64. The van der Waals surface area contributed by atoms with Crippen molar-refractivity contribution in [2.75, 3.05) is 6.54 Å². The number of unbranched alkanes of at least 4 members (excludes halogenated alkanes) is 1. The quantitative estimate of drug-likeness (QED) is 0.815. The van der Waals surface area contributed by atoms with Crippen LogP contribution in [0, 0.1) is 0 Å². The van der Waals surface area contributed by atoms with E-state index in [1.807, 2.05) is 42.5 Å². The lowest BCUT2D eigenvalue weighted by atomic mass is 10.1. The van der Waals surface area contributed by atoms with E-state index in [1.165, 1.54) is 0 Å². The second-order valence-electron chi connectivity index (χ2n) is 5.49. The highest BCUT2D eigenvalue weighted by Gasteiger charge is 2.21. The molecule has 0 fully saturated rings. The fourth-order valence-electron chi connectivity index (χ4n) is 2.40. The van der Waals surface area contributed by atoms with Crippen molar-refractivity contribution in [3.05, 3.63) is 60.1 Å². The summed E-state index contributed by atoms with van der Waals surface area (Å²) >= 11 is 0. The number of hydrogen-bond acceptors (Lipinski definition) is 3. The first-order valence-corrected chi connectivity index (χ1v) is 7.81. The molecule has 0 aliphatic carbocycles. The fourth-order valence-corrected chi connectivity index (χ4v) is 2.40. The number of carbonyl (C=O) groups excluding carboxylic acids is 1. The highest BCUT2D eigenvalue weighted by atomic mass is 16.3. The Hall–Kier alpha value is -2.07. The van der Waals surface area contributed by atoms with Gasteiger partial charge in [0.05, 0.1) is 18.8 Å². The van der Waals surface area contributed by atoms with Gasteiger partial charge in [0.2, 0.25) is 5.91 Å². The Bertz CT molecular complexity index is 552. The first kappa shape index (κ1) is 16.3. The Morgan fingerprint density at radius 3 is 2.64 bits per heavy atom. The molecular formula is C18H24N2O2. The fraction of sp³-hybridized carbons (Fsp3) is 0.389. The number of carbonyl (C=O) groups is 1. The van der Waals surface area contributed by atoms with Crippen LogP contribution in [0.3, 0.4) is 0 Å². The highest BCUT2D eigenvalue weighted by Crippen LogP contribution is 2.10. The van der Waals surface area contributed by atoms with Crippen LogP contribution in [0.15, 0.2) is 53.1 Å². The van der Waals surface area contributed by atoms with Gasteiger partial charge in [-0.2, -0.15) is 0 Å². The summed E-state index contributed by atoms with van der Waals surface area (Å²) in [5.41, 5.74) is 7.21. The molecule has 22 heavy (non-hydrogen) atoms. The summed E-state index contributed by atoms with van der Waals surface area (Å²) in [4.78, 5) is 14.4. The van der Waals surface area contributed by atoms with Gasteiger partial charge in [-0.1, -0.05) is 43.7 Å². The number of amides is 1. The Morgan fingerprint density at radius 2 is 2.00 bits per heavy atom. The second kappa shape index (κ2) is 8.39. The summed E-state index contributed by atoms with van der Waals surface area (Å²) in [5.74, 6) is 0.769. The summed E-state index contributed by atoms with van der Waals surface area (Å²) in [6.07, 6.45) is 4.18. The summed E-state index contributed by atoms with van der Waals surface area (Å²) in [7, 11) is 0. The number of nitrogens with two attached hydrogens (primary N) is 1. The van der Waals surface area contributed by atoms with E-state index in [2.05, 4.69) is 6.92 Å². The lowest BCUT2D eigenvalue weighted by Gasteiger charge is -2.25. The molecule has 0 spiro atoms. The van der Waals surface area contributed by atoms with Crippen LogP contribution in [0.4, 0.5) is 0 Å². The molecule has 1 heterocycles. The average Bonchev–Trinajstić information content (AvgIpc) is 3.04. The molecule has 1 aromatic heterocycles. The molecule has 1 unspecified atom stereocenters. The third kappa shape index (κ3) is 4.74. The molecule has 0 saturated carbocycles. The molecule has 0 aliphatic rings. The molecular weight excluding hydrogens is 276 g/mol. The first-order valence-electron chi connectivity index (χ1n) is 7.81. The van der Waals surface area contributed by atoms with Gasteiger partial charge in [-0.25, -0.2) is 0 Å². The van der Waals surface area contributed by atoms with Crippen LogP contribution in [0.2, 0.25) is 0 Å². The average molecular weight is 300 g/mol. The zero-order valence-electron chi connectivity index (χ0n) is 13.1. The van der Waals surface area contributed by atoms with Gasteiger partial charge in [-0.15, -0.1) is 0 Å². The van der Waals surface area contributed by atoms with Gasteiger partial charge in [0.25, 0.3) is 0 Å². The van der Waals surface area contributed by atoms with Gasteiger partial charge in [0.1, 0.15) is 5.76 Å². The van der Waals surface area contributed by atoms with Crippen molar-refractivity contribution >= 4 is 5.91 Å². The van der Waals surface area contributed by atoms with Crippen molar-refractivity contribution in [3.63, 3.8) is 0 Å². The smallest absolute Gasteiger partial charge is 0.240 e. The van der Waals surface area contributed by atoms with E-state index in [4.69, 9.17) is 10.2 Å². The molecule has 1 aromatic carbocycles. The van der Waals surface area contributed by atoms with E-state index in [-0.39, 0.29) is 5.91 Å². The van der Waals surface area contributed by atoms with E-state index in [9.17, 15) is 4.79 Å². The zero-order chi connectivity index (χ0) is 15.8. The summed E-state index contributed by atoms with van der Waals surface area (Å²) in [5, 5.41) is 0. The van der Waals surface area contributed by atoms with Gasteiger partial charge >= 0.3 is 0 Å². The van der Waals surface area contributed by atoms with Crippen molar-refractivity contribution < 1.29 is 9.21 Å². The maximum Gasteiger partial charge on any atom is 0.240 e. The molecule has 2 N–H and O–H groups in total. The Labute approximate surface area is 131 Å². The molecule has 4 heteroatoms. The zero-order valence-corrected chi connectivity index (χ0v) is 13.1. The monoisotopic (exact) mass is 300 g/mol. The SMILES string of the molecule is CCCCN(Cc1ccco1)C(=O)C(N)Cc1ccccc1. The molecule has 0 aliphatic heterocycles. The minimum atomic E-state index is -0.519. The van der Waals surface area contributed by atoms with Crippen LogP contribution in [-0.2, 0) is 17.8 Å². The van der Waals surface area contributed by atoms with Gasteiger partial charge in [-0.3, -0.25) is 4.79 Å². The van der Waals surface area contributed by atoms with Gasteiger partial charge in [0, 0.05) is 6.54 Å². The summed E-state index contributed by atoms with van der Waals surface area (Å²) in [6.45, 7) is 3.30. The van der Waals surface area contributed by atoms with Crippen molar-refractivity contribution in [1.29, 1.82) is 0 Å². The topological polar surface area (TPSA) is 59.5 Å². The van der Waals surface area contributed by atoms with Gasteiger partial charge < -0.3 is 15.1 Å². The van der Waals surface area contributed by atoms with Crippen LogP contribution in [0.1, 0.15) is 31.1 Å². The Balaban J connectivity index is 2.00. The van der Waals surface area contributed by atoms with Crippen LogP contribution in [0.5, 0.6) is 0 Å². The second-order valence-corrected chi connectivity index (χ2v) is 5.49. The summed E-state index contributed by atoms with van der Waals surface area (Å²) in [6, 6.07) is 13.1. The van der Waals surface area contributed by atoms with Crippen molar-refractivity contribution in [3.8, 4) is 0 Å².